The Bertz CT molecular complexity index is 610. The molecule has 1 aromatic carbocycles. The fraction of sp³-hybridized carbons (Fsp3) is 0.438. The Kier molecular flexibility index (Phi) is 1.86. The van der Waals surface area contributed by atoms with Gasteiger partial charge in [0.2, 0.25) is 0 Å². The molecule has 1 saturated carbocycles. The second-order valence-electron chi connectivity index (χ2n) is 6.03. The van der Waals surface area contributed by atoms with E-state index in [1.165, 1.54) is 17.6 Å². The van der Waals surface area contributed by atoms with Crippen LogP contribution in [0.1, 0.15) is 30.4 Å². The number of allylic oxidation sites excluding steroid dienone is 1. The SMILES string of the molecule is C[C@]12COCC3=C(C#N)c4ccccc4[C@H](C1)C32. The second-order valence-corrected chi connectivity index (χ2v) is 6.03. The highest BCUT2D eigenvalue weighted by atomic mass is 16.5. The molecule has 0 radical (unpaired) electrons. The van der Waals surface area contributed by atoms with E-state index in [0.29, 0.717) is 18.4 Å². The monoisotopic (exact) mass is 237 g/mol. The molecule has 3 aliphatic rings. The van der Waals surface area contributed by atoms with E-state index in [1.54, 1.807) is 0 Å². The average Bonchev–Trinajstić information content (AvgIpc) is 2.36. The number of hydrogen-bond acceptors (Lipinski definition) is 2. The number of ether oxygens (including phenoxy) is 1. The second kappa shape index (κ2) is 3.24. The molecule has 1 aromatic rings. The first kappa shape index (κ1) is 10.3. The number of nitrogens with zero attached hydrogens (tertiary/aromatic N) is 1. The van der Waals surface area contributed by atoms with Gasteiger partial charge in [-0.1, -0.05) is 31.2 Å². The van der Waals surface area contributed by atoms with Crippen LogP contribution >= 0.6 is 0 Å². The van der Waals surface area contributed by atoms with Gasteiger partial charge >= 0.3 is 0 Å². The minimum Gasteiger partial charge on any atom is -0.376 e. The highest BCUT2D eigenvalue weighted by Gasteiger charge is 2.57. The highest BCUT2D eigenvalue weighted by Crippen LogP contribution is 2.64. The highest BCUT2D eigenvalue weighted by molar-refractivity contribution is 5.84. The van der Waals surface area contributed by atoms with Gasteiger partial charge in [-0.15, -0.1) is 0 Å². The van der Waals surface area contributed by atoms with Crippen molar-refractivity contribution in [2.24, 2.45) is 11.3 Å². The van der Waals surface area contributed by atoms with Crippen molar-refractivity contribution in [3.63, 3.8) is 0 Å². The molecule has 0 spiro atoms. The summed E-state index contributed by atoms with van der Waals surface area (Å²) in [6, 6.07) is 10.8. The first-order chi connectivity index (χ1) is 8.74. The van der Waals surface area contributed by atoms with Gasteiger partial charge in [0.1, 0.15) is 0 Å². The predicted octanol–water partition coefficient (Wildman–Crippen LogP) is 3.12. The van der Waals surface area contributed by atoms with Crippen LogP contribution in [0.5, 0.6) is 0 Å². The van der Waals surface area contributed by atoms with Gasteiger partial charge in [-0.3, -0.25) is 0 Å². The predicted molar refractivity (Wildman–Crippen MR) is 68.7 cm³/mol. The summed E-state index contributed by atoms with van der Waals surface area (Å²) in [7, 11) is 0. The molecule has 2 fully saturated rings. The van der Waals surface area contributed by atoms with Crippen LogP contribution in [0.3, 0.4) is 0 Å². The zero-order chi connectivity index (χ0) is 12.3. The summed E-state index contributed by atoms with van der Waals surface area (Å²) in [5, 5.41) is 9.50. The average molecular weight is 237 g/mol. The van der Waals surface area contributed by atoms with Gasteiger partial charge in [0, 0.05) is 0 Å². The molecule has 90 valence electrons. The van der Waals surface area contributed by atoms with Gasteiger partial charge in [0.05, 0.1) is 24.9 Å². The lowest BCUT2D eigenvalue weighted by Gasteiger charge is -2.59. The van der Waals surface area contributed by atoms with Gasteiger partial charge in [0.15, 0.2) is 0 Å². The van der Waals surface area contributed by atoms with Crippen LogP contribution in [0.15, 0.2) is 29.8 Å². The van der Waals surface area contributed by atoms with Gasteiger partial charge in [-0.05, 0) is 40.4 Å². The summed E-state index contributed by atoms with van der Waals surface area (Å²) in [6.07, 6.45) is 1.19. The van der Waals surface area contributed by atoms with E-state index < -0.39 is 0 Å². The Morgan fingerprint density at radius 2 is 2.22 bits per heavy atom. The van der Waals surface area contributed by atoms with Crippen LogP contribution in [-0.4, -0.2) is 13.2 Å². The van der Waals surface area contributed by atoms with Crippen LogP contribution in [0.25, 0.3) is 5.57 Å². The molecule has 1 unspecified atom stereocenters. The van der Waals surface area contributed by atoms with Crippen molar-refractivity contribution in [1.82, 2.24) is 0 Å². The Balaban J connectivity index is 1.98. The maximum absolute atomic E-state index is 9.50. The fourth-order valence-corrected chi connectivity index (χ4v) is 4.24. The quantitative estimate of drug-likeness (QED) is 0.694. The van der Waals surface area contributed by atoms with E-state index in [2.05, 4.69) is 31.2 Å². The lowest BCUT2D eigenvalue weighted by Crippen LogP contribution is -2.53. The van der Waals surface area contributed by atoms with Gasteiger partial charge in [-0.2, -0.15) is 5.26 Å². The minimum absolute atomic E-state index is 0.258. The standard InChI is InChI=1S/C16H15NO/c1-16-6-12-10-4-2-3-5-11(10)13(7-17)14(15(12)16)8-18-9-16/h2-5,12,15H,6,8-9H2,1H3/t12-,15?,16+/m0/s1. The van der Waals surface area contributed by atoms with Crippen molar-refractivity contribution in [1.29, 1.82) is 5.26 Å². The van der Waals surface area contributed by atoms with Crippen LogP contribution in [0.4, 0.5) is 0 Å². The topological polar surface area (TPSA) is 33.0 Å². The molecule has 0 bridgehead atoms. The molecule has 2 aliphatic carbocycles. The number of hydrogen-bond donors (Lipinski definition) is 0. The van der Waals surface area contributed by atoms with Crippen LogP contribution in [0, 0.1) is 22.7 Å². The van der Waals surface area contributed by atoms with Gasteiger partial charge in [-0.25, -0.2) is 0 Å². The van der Waals surface area contributed by atoms with Crippen LogP contribution in [0.2, 0.25) is 0 Å². The van der Waals surface area contributed by atoms with Crippen LogP contribution < -0.4 is 0 Å². The number of nitriles is 1. The summed E-state index contributed by atoms with van der Waals surface area (Å²) in [5.41, 5.74) is 4.90. The van der Waals surface area contributed by atoms with Crippen LogP contribution in [-0.2, 0) is 4.74 Å². The molecule has 0 aromatic heterocycles. The van der Waals surface area contributed by atoms with Crippen molar-refractivity contribution >= 4 is 5.57 Å². The fourth-order valence-electron chi connectivity index (χ4n) is 4.24. The molecule has 2 heteroatoms. The van der Waals surface area contributed by atoms with E-state index in [-0.39, 0.29) is 5.41 Å². The first-order valence-electron chi connectivity index (χ1n) is 6.55. The molecule has 1 heterocycles. The van der Waals surface area contributed by atoms with Crippen molar-refractivity contribution in [2.45, 2.75) is 19.3 Å². The van der Waals surface area contributed by atoms with E-state index in [9.17, 15) is 5.26 Å². The van der Waals surface area contributed by atoms with Crippen molar-refractivity contribution in [3.8, 4) is 6.07 Å². The lowest BCUT2D eigenvalue weighted by atomic mass is 9.47. The maximum atomic E-state index is 9.50. The largest absolute Gasteiger partial charge is 0.376 e. The molecule has 2 nitrogen and oxygen atoms in total. The van der Waals surface area contributed by atoms with E-state index >= 15 is 0 Å². The molecule has 4 rings (SSSR count). The molecule has 18 heavy (non-hydrogen) atoms. The van der Waals surface area contributed by atoms with E-state index in [0.717, 1.165) is 17.7 Å². The Morgan fingerprint density at radius 1 is 1.39 bits per heavy atom. The third kappa shape index (κ3) is 1.06. The number of fused-ring (bicyclic) bond motifs is 2. The van der Waals surface area contributed by atoms with Crippen molar-refractivity contribution < 1.29 is 4.74 Å². The Labute approximate surface area is 107 Å². The third-order valence-electron chi connectivity index (χ3n) is 4.97. The molecule has 3 atom stereocenters. The Morgan fingerprint density at radius 3 is 3.06 bits per heavy atom. The maximum Gasteiger partial charge on any atom is 0.0998 e. The molecular weight excluding hydrogens is 222 g/mol. The molecule has 1 aliphatic heterocycles. The van der Waals surface area contributed by atoms with E-state index in [1.807, 2.05) is 6.07 Å². The van der Waals surface area contributed by atoms with E-state index in [4.69, 9.17) is 4.74 Å². The van der Waals surface area contributed by atoms with Gasteiger partial charge < -0.3 is 4.74 Å². The van der Waals surface area contributed by atoms with Gasteiger partial charge in [0.25, 0.3) is 0 Å². The number of benzene rings is 1. The normalized spacial score (nSPS) is 36.2. The Hall–Kier alpha value is -1.59. The summed E-state index contributed by atoms with van der Waals surface area (Å²) in [6.45, 7) is 3.79. The molecule has 1 saturated heterocycles. The molecular formula is C16H15NO. The van der Waals surface area contributed by atoms with Crippen molar-refractivity contribution in [3.05, 3.63) is 41.0 Å². The zero-order valence-corrected chi connectivity index (χ0v) is 10.4. The molecule has 0 amide bonds. The minimum atomic E-state index is 0.258. The number of rotatable bonds is 0. The first-order valence-corrected chi connectivity index (χ1v) is 6.55. The summed E-state index contributed by atoms with van der Waals surface area (Å²) in [4.78, 5) is 0. The smallest absolute Gasteiger partial charge is 0.0998 e. The molecule has 0 N–H and O–H groups in total. The lowest BCUT2D eigenvalue weighted by molar-refractivity contribution is -0.0804. The zero-order valence-electron chi connectivity index (χ0n) is 10.4. The summed E-state index contributed by atoms with van der Waals surface area (Å²) in [5.74, 6) is 1.15. The third-order valence-corrected chi connectivity index (χ3v) is 4.97. The summed E-state index contributed by atoms with van der Waals surface area (Å²) >= 11 is 0. The summed E-state index contributed by atoms with van der Waals surface area (Å²) < 4.78 is 5.73. The van der Waals surface area contributed by atoms with Crippen molar-refractivity contribution in [2.75, 3.05) is 13.2 Å².